The van der Waals surface area contributed by atoms with Gasteiger partial charge >= 0.3 is 0 Å². The van der Waals surface area contributed by atoms with Gasteiger partial charge in [0.05, 0.1) is 4.34 Å². The highest BCUT2D eigenvalue weighted by Gasteiger charge is 2.21. The summed E-state index contributed by atoms with van der Waals surface area (Å²) in [5.41, 5.74) is 0. The van der Waals surface area contributed by atoms with Crippen LogP contribution in [0.4, 0.5) is 0 Å². The lowest BCUT2D eigenvalue weighted by atomic mass is 9.85. The molecule has 5 heteroatoms. The third kappa shape index (κ3) is 5.08. The van der Waals surface area contributed by atoms with Gasteiger partial charge in [-0.05, 0) is 56.3 Å². The second kappa shape index (κ2) is 8.01. The van der Waals surface area contributed by atoms with Gasteiger partial charge in [-0.2, -0.15) is 0 Å². The zero-order valence-corrected chi connectivity index (χ0v) is 13.5. The van der Waals surface area contributed by atoms with Crippen LogP contribution in [0.5, 0.6) is 0 Å². The van der Waals surface area contributed by atoms with Crippen LogP contribution in [-0.2, 0) is 11.2 Å². The summed E-state index contributed by atoms with van der Waals surface area (Å²) >= 11 is 7.46. The molecule has 2 N–H and O–H groups in total. The van der Waals surface area contributed by atoms with Crippen molar-refractivity contribution in [2.45, 2.75) is 32.6 Å². The fraction of sp³-hybridized carbons (Fsp3) is 0.667. The van der Waals surface area contributed by atoms with E-state index in [0.717, 1.165) is 23.8 Å². The quantitative estimate of drug-likeness (QED) is 0.847. The smallest absolute Gasteiger partial charge is 0.220 e. The minimum absolute atomic E-state index is 0.172. The highest BCUT2D eigenvalue weighted by Crippen LogP contribution is 2.23. The third-order valence-corrected chi connectivity index (χ3v) is 5.26. The predicted octanol–water partition coefficient (Wildman–Crippen LogP) is 3.09. The van der Waals surface area contributed by atoms with Crippen LogP contribution >= 0.6 is 22.9 Å². The SMILES string of the molecule is CC(CC(=O)NCCc1ccc(Cl)s1)C1CCCNC1. The van der Waals surface area contributed by atoms with E-state index in [-0.39, 0.29) is 5.91 Å². The maximum atomic E-state index is 11.9. The number of hydrogen-bond donors (Lipinski definition) is 2. The largest absolute Gasteiger partial charge is 0.356 e. The maximum absolute atomic E-state index is 11.9. The monoisotopic (exact) mass is 314 g/mol. The first-order chi connectivity index (χ1) is 9.65. The van der Waals surface area contributed by atoms with Crippen LogP contribution in [0, 0.1) is 11.8 Å². The molecule has 0 radical (unpaired) electrons. The first kappa shape index (κ1) is 15.8. The average Bonchev–Trinajstić information content (AvgIpc) is 2.85. The first-order valence-corrected chi connectivity index (χ1v) is 8.56. The number of piperidine rings is 1. The Labute approximate surface area is 130 Å². The summed E-state index contributed by atoms with van der Waals surface area (Å²) in [4.78, 5) is 13.2. The molecule has 0 saturated carbocycles. The third-order valence-electron chi connectivity index (χ3n) is 3.97. The van der Waals surface area contributed by atoms with Crippen LogP contribution in [0.2, 0.25) is 4.34 Å². The molecule has 1 amide bonds. The molecule has 0 bridgehead atoms. The summed E-state index contributed by atoms with van der Waals surface area (Å²) < 4.78 is 0.810. The molecule has 2 unspecified atom stereocenters. The van der Waals surface area contributed by atoms with Gasteiger partial charge in [-0.1, -0.05) is 18.5 Å². The molecule has 0 aromatic carbocycles. The average molecular weight is 315 g/mol. The van der Waals surface area contributed by atoms with Gasteiger partial charge in [-0.25, -0.2) is 0 Å². The predicted molar refractivity (Wildman–Crippen MR) is 85.4 cm³/mol. The first-order valence-electron chi connectivity index (χ1n) is 7.37. The van der Waals surface area contributed by atoms with Crippen molar-refractivity contribution in [3.63, 3.8) is 0 Å². The van der Waals surface area contributed by atoms with E-state index in [1.54, 1.807) is 11.3 Å². The van der Waals surface area contributed by atoms with Crippen LogP contribution < -0.4 is 10.6 Å². The van der Waals surface area contributed by atoms with Crippen LogP contribution in [0.15, 0.2) is 12.1 Å². The topological polar surface area (TPSA) is 41.1 Å². The summed E-state index contributed by atoms with van der Waals surface area (Å²) in [6.45, 7) is 5.07. The van der Waals surface area contributed by atoms with Gasteiger partial charge in [-0.15, -0.1) is 11.3 Å². The number of thiophene rings is 1. The number of hydrogen-bond acceptors (Lipinski definition) is 3. The van der Waals surface area contributed by atoms with Crippen molar-refractivity contribution in [3.05, 3.63) is 21.3 Å². The van der Waals surface area contributed by atoms with E-state index in [0.29, 0.717) is 24.8 Å². The molecule has 1 fully saturated rings. The summed E-state index contributed by atoms with van der Waals surface area (Å²) in [7, 11) is 0. The van der Waals surface area contributed by atoms with Gasteiger partial charge in [-0.3, -0.25) is 4.79 Å². The van der Waals surface area contributed by atoms with E-state index in [9.17, 15) is 4.79 Å². The number of halogens is 1. The molecule has 1 aromatic rings. The van der Waals surface area contributed by atoms with Crippen molar-refractivity contribution in [1.29, 1.82) is 0 Å². The zero-order valence-electron chi connectivity index (χ0n) is 12.0. The molecule has 3 nitrogen and oxygen atoms in total. The maximum Gasteiger partial charge on any atom is 0.220 e. The molecular formula is C15H23ClN2OS. The Hall–Kier alpha value is -0.580. The van der Waals surface area contributed by atoms with Crippen LogP contribution in [0.1, 0.15) is 31.1 Å². The van der Waals surface area contributed by atoms with Gasteiger partial charge in [0.2, 0.25) is 5.91 Å². The molecule has 0 spiro atoms. The standard InChI is InChI=1S/C15H23ClN2OS/c1-11(12-3-2-7-17-10-12)9-15(19)18-8-6-13-4-5-14(16)20-13/h4-5,11-12,17H,2-3,6-10H2,1H3,(H,18,19). The second-order valence-electron chi connectivity index (χ2n) is 5.59. The lowest BCUT2D eigenvalue weighted by Gasteiger charge is -2.28. The Morgan fingerprint density at radius 1 is 1.60 bits per heavy atom. The van der Waals surface area contributed by atoms with Crippen LogP contribution in [-0.4, -0.2) is 25.5 Å². The summed E-state index contributed by atoms with van der Waals surface area (Å²) in [5.74, 6) is 1.27. The summed E-state index contributed by atoms with van der Waals surface area (Å²) in [5, 5.41) is 6.43. The minimum atomic E-state index is 0.172. The second-order valence-corrected chi connectivity index (χ2v) is 7.39. The van der Waals surface area contributed by atoms with Crippen molar-refractivity contribution in [3.8, 4) is 0 Å². The van der Waals surface area contributed by atoms with Crippen molar-refractivity contribution in [1.82, 2.24) is 10.6 Å². The molecule has 1 aliphatic rings. The van der Waals surface area contributed by atoms with Crippen molar-refractivity contribution < 1.29 is 4.79 Å². The molecule has 2 rings (SSSR count). The summed E-state index contributed by atoms with van der Waals surface area (Å²) in [6, 6.07) is 3.93. The number of amides is 1. The summed E-state index contributed by atoms with van der Waals surface area (Å²) in [6.07, 6.45) is 3.98. The Balaban J connectivity index is 1.64. The highest BCUT2D eigenvalue weighted by atomic mass is 35.5. The molecule has 1 aromatic heterocycles. The molecule has 1 aliphatic heterocycles. The van der Waals surface area contributed by atoms with E-state index in [4.69, 9.17) is 11.6 Å². The molecule has 2 atom stereocenters. The Morgan fingerprint density at radius 2 is 2.45 bits per heavy atom. The Bertz CT molecular complexity index is 429. The van der Waals surface area contributed by atoms with Crippen molar-refractivity contribution >= 4 is 28.8 Å². The van der Waals surface area contributed by atoms with E-state index >= 15 is 0 Å². The molecular weight excluding hydrogens is 292 g/mol. The number of rotatable bonds is 6. The Kier molecular flexibility index (Phi) is 6.33. The number of carbonyl (C=O) groups is 1. The van der Waals surface area contributed by atoms with Crippen LogP contribution in [0.3, 0.4) is 0 Å². The molecule has 20 heavy (non-hydrogen) atoms. The van der Waals surface area contributed by atoms with E-state index < -0.39 is 0 Å². The van der Waals surface area contributed by atoms with E-state index in [1.165, 1.54) is 17.7 Å². The van der Waals surface area contributed by atoms with Gasteiger partial charge in [0.25, 0.3) is 0 Å². The molecule has 2 heterocycles. The normalized spacial score (nSPS) is 20.6. The lowest BCUT2D eigenvalue weighted by Crippen LogP contribution is -2.35. The fourth-order valence-corrected chi connectivity index (χ4v) is 3.79. The molecule has 112 valence electrons. The Morgan fingerprint density at radius 3 is 3.10 bits per heavy atom. The highest BCUT2D eigenvalue weighted by molar-refractivity contribution is 7.16. The van der Waals surface area contributed by atoms with E-state index in [2.05, 4.69) is 17.6 Å². The van der Waals surface area contributed by atoms with Crippen molar-refractivity contribution in [2.75, 3.05) is 19.6 Å². The van der Waals surface area contributed by atoms with Crippen molar-refractivity contribution in [2.24, 2.45) is 11.8 Å². The lowest BCUT2D eigenvalue weighted by molar-refractivity contribution is -0.122. The van der Waals surface area contributed by atoms with Crippen LogP contribution in [0.25, 0.3) is 0 Å². The van der Waals surface area contributed by atoms with Gasteiger partial charge in [0.15, 0.2) is 0 Å². The number of nitrogens with one attached hydrogen (secondary N) is 2. The fourth-order valence-electron chi connectivity index (χ4n) is 2.71. The van der Waals surface area contributed by atoms with Gasteiger partial charge in [0.1, 0.15) is 0 Å². The minimum Gasteiger partial charge on any atom is -0.356 e. The van der Waals surface area contributed by atoms with E-state index in [1.807, 2.05) is 12.1 Å². The number of carbonyl (C=O) groups excluding carboxylic acids is 1. The zero-order chi connectivity index (χ0) is 14.4. The molecule has 1 saturated heterocycles. The molecule has 0 aliphatic carbocycles. The van der Waals surface area contributed by atoms with Gasteiger partial charge < -0.3 is 10.6 Å². The van der Waals surface area contributed by atoms with Gasteiger partial charge in [0, 0.05) is 17.8 Å².